The van der Waals surface area contributed by atoms with E-state index in [0.717, 1.165) is 23.4 Å². The molecule has 2 heterocycles. The lowest BCUT2D eigenvalue weighted by atomic mass is 9.92. The molecule has 0 saturated carbocycles. The normalized spacial score (nSPS) is 11.5. The predicted molar refractivity (Wildman–Crippen MR) is 225 cm³/mol. The van der Waals surface area contributed by atoms with Gasteiger partial charge in [-0.3, -0.25) is 0 Å². The van der Waals surface area contributed by atoms with Crippen molar-refractivity contribution in [3.05, 3.63) is 206 Å². The third kappa shape index (κ3) is 5.27. The van der Waals surface area contributed by atoms with E-state index in [1.807, 2.05) is 6.08 Å². The molecule has 2 aromatic heterocycles. The van der Waals surface area contributed by atoms with Gasteiger partial charge in [0, 0.05) is 32.9 Å². The summed E-state index contributed by atoms with van der Waals surface area (Å²) in [5.74, 6) is 0. The molecule has 0 aliphatic carbocycles. The highest BCUT2D eigenvalue weighted by Crippen LogP contribution is 2.39. The first-order valence-electron chi connectivity index (χ1n) is 18.3. The Labute approximate surface area is 309 Å². The van der Waals surface area contributed by atoms with Gasteiger partial charge < -0.3 is 9.13 Å². The molecule has 0 N–H and O–H groups in total. The zero-order chi connectivity index (χ0) is 35.3. The molecule has 0 radical (unpaired) electrons. The van der Waals surface area contributed by atoms with Crippen LogP contribution >= 0.6 is 0 Å². The van der Waals surface area contributed by atoms with Crippen LogP contribution in [-0.2, 0) is 6.42 Å². The van der Waals surface area contributed by atoms with E-state index in [1.54, 1.807) is 0 Å². The number of hydrogen-bond acceptors (Lipinski definition) is 0. The molecule has 0 saturated heterocycles. The Hall–Kier alpha value is -6.90. The van der Waals surface area contributed by atoms with E-state index in [-0.39, 0.29) is 0 Å². The molecule has 0 spiro atoms. The highest BCUT2D eigenvalue weighted by atomic mass is 15.0. The van der Waals surface area contributed by atoms with Gasteiger partial charge in [0.15, 0.2) is 0 Å². The number of rotatable bonds is 7. The van der Waals surface area contributed by atoms with Crippen molar-refractivity contribution in [2.75, 3.05) is 0 Å². The summed E-state index contributed by atoms with van der Waals surface area (Å²) in [6.07, 6.45) is 2.81. The highest BCUT2D eigenvalue weighted by Gasteiger charge is 2.18. The molecular weight excluding hydrogens is 641 g/mol. The molecule has 0 aliphatic heterocycles. The first-order chi connectivity index (χ1) is 26.2. The topological polar surface area (TPSA) is 9.86 Å². The lowest BCUT2D eigenvalue weighted by Crippen LogP contribution is -2.00. The van der Waals surface area contributed by atoms with E-state index >= 15 is 0 Å². The minimum absolute atomic E-state index is 0.835. The molecule has 2 nitrogen and oxygen atoms in total. The predicted octanol–water partition coefficient (Wildman–Crippen LogP) is 13.6. The third-order valence-corrected chi connectivity index (χ3v) is 10.6. The Morgan fingerprint density at radius 1 is 0.340 bits per heavy atom. The summed E-state index contributed by atoms with van der Waals surface area (Å²) in [5, 5.41) is 5.00. The molecule has 0 amide bonds. The number of benzene rings is 8. The van der Waals surface area contributed by atoms with Crippen LogP contribution < -0.4 is 0 Å². The molecule has 0 fully saturated rings. The summed E-state index contributed by atoms with van der Waals surface area (Å²) in [5.41, 5.74) is 15.4. The molecule has 0 aliphatic rings. The van der Waals surface area contributed by atoms with Crippen molar-refractivity contribution in [2.45, 2.75) is 6.42 Å². The van der Waals surface area contributed by atoms with Gasteiger partial charge in [-0.1, -0.05) is 133 Å². The lowest BCUT2D eigenvalue weighted by Gasteiger charge is -2.17. The number of hydrogen-bond donors (Lipinski definition) is 0. The third-order valence-electron chi connectivity index (χ3n) is 10.6. The van der Waals surface area contributed by atoms with E-state index in [2.05, 4.69) is 204 Å². The van der Waals surface area contributed by atoms with Crippen molar-refractivity contribution in [3.8, 4) is 44.8 Å². The second-order valence-corrected chi connectivity index (χ2v) is 13.8. The lowest BCUT2D eigenvalue weighted by molar-refractivity contribution is 1.13. The molecule has 10 rings (SSSR count). The zero-order valence-electron chi connectivity index (χ0n) is 29.3. The van der Waals surface area contributed by atoms with Crippen molar-refractivity contribution in [1.82, 2.24) is 9.13 Å². The van der Waals surface area contributed by atoms with Gasteiger partial charge in [0.1, 0.15) is 0 Å². The van der Waals surface area contributed by atoms with Gasteiger partial charge >= 0.3 is 0 Å². The Bertz CT molecular complexity index is 2760. The molecule has 0 bridgehead atoms. The van der Waals surface area contributed by atoms with Crippen molar-refractivity contribution >= 4 is 43.6 Å². The van der Waals surface area contributed by atoms with Crippen LogP contribution in [0.5, 0.6) is 0 Å². The highest BCUT2D eigenvalue weighted by molar-refractivity contribution is 6.10. The van der Waals surface area contributed by atoms with Crippen molar-refractivity contribution < 1.29 is 0 Å². The standard InChI is InChI=1S/C51H36N2/c1-2-15-35-16-14-19-37(28-35)39-29-38(36-17-4-3-5-18-36)30-40(31-39)41-32-42(52-48-24-10-6-20-44(48)45-21-7-11-25-49(45)52)34-43(33-41)53-50-26-12-8-22-46(50)47-23-9-13-27-51(47)53/h2-14,16-34H,1,15H2. The Kier molecular flexibility index (Phi) is 7.40. The fourth-order valence-electron chi connectivity index (χ4n) is 8.22. The van der Waals surface area contributed by atoms with E-state index in [0.29, 0.717) is 0 Å². The maximum Gasteiger partial charge on any atom is 0.0541 e. The van der Waals surface area contributed by atoms with Gasteiger partial charge in [-0.15, -0.1) is 6.58 Å². The molecule has 0 atom stereocenters. The number of allylic oxidation sites excluding steroid dienone is 1. The van der Waals surface area contributed by atoms with Crippen LogP contribution in [0.1, 0.15) is 5.56 Å². The molecule has 8 aromatic carbocycles. The first-order valence-corrected chi connectivity index (χ1v) is 18.3. The van der Waals surface area contributed by atoms with Crippen LogP contribution in [0.25, 0.3) is 88.4 Å². The largest absolute Gasteiger partial charge is 0.309 e. The van der Waals surface area contributed by atoms with Gasteiger partial charge in [-0.05, 0) is 106 Å². The van der Waals surface area contributed by atoms with Gasteiger partial charge in [0.2, 0.25) is 0 Å². The Morgan fingerprint density at radius 2 is 0.736 bits per heavy atom. The molecular formula is C51H36N2. The fourth-order valence-corrected chi connectivity index (χ4v) is 8.22. The average Bonchev–Trinajstić information content (AvgIpc) is 3.74. The van der Waals surface area contributed by atoms with Crippen LogP contribution in [0.2, 0.25) is 0 Å². The molecule has 0 unspecified atom stereocenters. The molecule has 53 heavy (non-hydrogen) atoms. The summed E-state index contributed by atoms with van der Waals surface area (Å²) in [4.78, 5) is 0. The van der Waals surface area contributed by atoms with Crippen LogP contribution in [0.4, 0.5) is 0 Å². The van der Waals surface area contributed by atoms with Gasteiger partial charge in [-0.25, -0.2) is 0 Å². The van der Waals surface area contributed by atoms with Gasteiger partial charge in [-0.2, -0.15) is 0 Å². The second kappa shape index (κ2) is 12.7. The van der Waals surface area contributed by atoms with Gasteiger partial charge in [0.25, 0.3) is 0 Å². The van der Waals surface area contributed by atoms with Crippen LogP contribution in [-0.4, -0.2) is 9.13 Å². The van der Waals surface area contributed by atoms with Crippen molar-refractivity contribution in [3.63, 3.8) is 0 Å². The molecule has 250 valence electrons. The quantitative estimate of drug-likeness (QED) is 0.149. The fraction of sp³-hybridized carbons (Fsp3) is 0.0196. The summed E-state index contributed by atoms with van der Waals surface area (Å²) in [6, 6.07) is 68.8. The minimum atomic E-state index is 0.835. The number of para-hydroxylation sites is 4. The Balaban J connectivity index is 1.29. The summed E-state index contributed by atoms with van der Waals surface area (Å²) in [7, 11) is 0. The SMILES string of the molecule is C=CCc1cccc(-c2cc(-c3ccccc3)cc(-c3cc(-n4c5ccccc5c5ccccc54)cc(-n4c5ccccc5c5ccccc54)c3)c2)c1. The molecule has 10 aromatic rings. The molecule has 2 heteroatoms. The maximum absolute atomic E-state index is 4.00. The van der Waals surface area contributed by atoms with Crippen LogP contribution in [0.3, 0.4) is 0 Å². The van der Waals surface area contributed by atoms with E-state index in [4.69, 9.17) is 0 Å². The van der Waals surface area contributed by atoms with Crippen LogP contribution in [0.15, 0.2) is 201 Å². The first kappa shape index (κ1) is 30.9. The van der Waals surface area contributed by atoms with E-state index in [1.165, 1.54) is 77.0 Å². The second-order valence-electron chi connectivity index (χ2n) is 13.8. The average molecular weight is 677 g/mol. The van der Waals surface area contributed by atoms with E-state index < -0.39 is 0 Å². The summed E-state index contributed by atoms with van der Waals surface area (Å²) < 4.78 is 4.87. The Morgan fingerprint density at radius 3 is 1.23 bits per heavy atom. The summed E-state index contributed by atoms with van der Waals surface area (Å²) >= 11 is 0. The van der Waals surface area contributed by atoms with Gasteiger partial charge in [0.05, 0.1) is 22.1 Å². The minimum Gasteiger partial charge on any atom is -0.309 e. The monoisotopic (exact) mass is 676 g/mol. The number of nitrogens with zero attached hydrogens (tertiary/aromatic N) is 2. The maximum atomic E-state index is 4.00. The van der Waals surface area contributed by atoms with Crippen molar-refractivity contribution in [1.29, 1.82) is 0 Å². The number of aromatic nitrogens is 2. The number of fused-ring (bicyclic) bond motifs is 6. The summed E-state index contributed by atoms with van der Waals surface area (Å²) in [6.45, 7) is 4.00. The van der Waals surface area contributed by atoms with Crippen molar-refractivity contribution in [2.24, 2.45) is 0 Å². The zero-order valence-corrected chi connectivity index (χ0v) is 29.3. The van der Waals surface area contributed by atoms with Crippen LogP contribution in [0, 0.1) is 0 Å². The van der Waals surface area contributed by atoms with E-state index in [9.17, 15) is 0 Å². The smallest absolute Gasteiger partial charge is 0.0541 e.